The van der Waals surface area contributed by atoms with Gasteiger partial charge in [-0.15, -0.1) is 0 Å². The summed E-state index contributed by atoms with van der Waals surface area (Å²) in [5.74, 6) is 0.494. The van der Waals surface area contributed by atoms with Crippen molar-refractivity contribution in [3.63, 3.8) is 0 Å². The van der Waals surface area contributed by atoms with Crippen molar-refractivity contribution in [1.29, 1.82) is 0 Å². The van der Waals surface area contributed by atoms with E-state index in [4.69, 9.17) is 25.8 Å². The summed E-state index contributed by atoms with van der Waals surface area (Å²) in [6.45, 7) is 0.987. The lowest BCUT2D eigenvalue weighted by Gasteiger charge is -2.24. The zero-order valence-electron chi connectivity index (χ0n) is 15.0. The van der Waals surface area contributed by atoms with Gasteiger partial charge in [0.1, 0.15) is 11.9 Å². The van der Waals surface area contributed by atoms with Crippen LogP contribution in [0.5, 0.6) is 11.5 Å². The Kier molecular flexibility index (Phi) is 4.37. The predicted octanol–water partition coefficient (Wildman–Crippen LogP) is 3.93. The second kappa shape index (κ2) is 7.06. The molecule has 0 bridgehead atoms. The molecule has 0 radical (unpaired) electrons. The molecule has 0 aliphatic carbocycles. The molecule has 2 aliphatic heterocycles. The molecule has 3 heterocycles. The highest BCUT2D eigenvalue weighted by Gasteiger charge is 2.26. The van der Waals surface area contributed by atoms with Gasteiger partial charge in [0.2, 0.25) is 6.79 Å². The van der Waals surface area contributed by atoms with Crippen molar-refractivity contribution >= 4 is 23.2 Å². The second-order valence-corrected chi connectivity index (χ2v) is 7.10. The normalized spacial score (nSPS) is 17.1. The topological polar surface area (TPSA) is 74.6 Å². The molecule has 2 aromatic carbocycles. The van der Waals surface area contributed by atoms with E-state index in [1.54, 1.807) is 10.7 Å². The Bertz CT molecular complexity index is 1120. The lowest BCUT2D eigenvalue weighted by atomic mass is 10.1. The monoisotopic (exact) mass is 415 g/mol. The fourth-order valence-corrected chi connectivity index (χ4v) is 3.54. The number of carbonyl (C=O) groups is 1. The molecule has 0 fully saturated rings. The zero-order chi connectivity index (χ0) is 20.0. The summed E-state index contributed by atoms with van der Waals surface area (Å²) in [6.07, 6.45) is -0.223. The van der Waals surface area contributed by atoms with Crippen LogP contribution in [0.15, 0.2) is 42.5 Å². The molecule has 1 amide bonds. The Balaban J connectivity index is 1.33. The smallest absolute Gasteiger partial charge is 0.276 e. The fraction of sp³-hybridized carbons (Fsp3) is 0.200. The Morgan fingerprint density at radius 2 is 2.03 bits per heavy atom. The van der Waals surface area contributed by atoms with Gasteiger partial charge >= 0.3 is 0 Å². The molecule has 1 N–H and O–H groups in total. The summed E-state index contributed by atoms with van der Waals surface area (Å²) in [7, 11) is 0. The molecule has 1 unspecified atom stereocenters. The number of halogens is 2. The lowest BCUT2D eigenvalue weighted by Crippen LogP contribution is -2.22. The highest BCUT2D eigenvalue weighted by Crippen LogP contribution is 2.36. The standard InChI is InChI=1S/C20H15ClFN3O4/c21-14-6-12(22)2-3-15(14)23-20(26)16-7-13-9-27-19(8-25(13)24-16)11-1-4-17-18(5-11)29-10-28-17/h1-7,19H,8-10H2,(H,23,26). The third-order valence-electron chi connectivity index (χ3n) is 4.81. The van der Waals surface area contributed by atoms with Gasteiger partial charge in [0.25, 0.3) is 5.91 Å². The van der Waals surface area contributed by atoms with Gasteiger partial charge in [-0.1, -0.05) is 17.7 Å². The summed E-state index contributed by atoms with van der Waals surface area (Å²) < 4.78 is 31.6. The van der Waals surface area contributed by atoms with Crippen molar-refractivity contribution in [3.05, 3.63) is 70.3 Å². The third-order valence-corrected chi connectivity index (χ3v) is 5.13. The van der Waals surface area contributed by atoms with Crippen molar-refractivity contribution in [2.75, 3.05) is 12.1 Å². The minimum Gasteiger partial charge on any atom is -0.454 e. The number of anilines is 1. The van der Waals surface area contributed by atoms with Crippen LogP contribution < -0.4 is 14.8 Å². The zero-order valence-corrected chi connectivity index (χ0v) is 15.8. The Morgan fingerprint density at radius 3 is 2.90 bits per heavy atom. The number of benzene rings is 2. The Morgan fingerprint density at radius 1 is 1.17 bits per heavy atom. The van der Waals surface area contributed by atoms with Gasteiger partial charge in [0.15, 0.2) is 17.2 Å². The van der Waals surface area contributed by atoms with Crippen molar-refractivity contribution in [3.8, 4) is 11.5 Å². The molecule has 0 saturated heterocycles. The number of nitrogens with zero attached hydrogens (tertiary/aromatic N) is 2. The van der Waals surface area contributed by atoms with E-state index in [1.165, 1.54) is 12.1 Å². The average molecular weight is 416 g/mol. The molecule has 2 aliphatic rings. The van der Waals surface area contributed by atoms with E-state index < -0.39 is 11.7 Å². The first-order chi connectivity index (χ1) is 14.1. The van der Waals surface area contributed by atoms with Crippen LogP contribution in [0.2, 0.25) is 5.02 Å². The minimum absolute atomic E-state index is 0.119. The largest absolute Gasteiger partial charge is 0.454 e. The van der Waals surface area contributed by atoms with E-state index in [0.717, 1.165) is 17.3 Å². The highest BCUT2D eigenvalue weighted by molar-refractivity contribution is 6.33. The predicted molar refractivity (Wildman–Crippen MR) is 102 cm³/mol. The number of rotatable bonds is 3. The minimum atomic E-state index is -0.475. The number of hydrogen-bond donors (Lipinski definition) is 1. The van der Waals surface area contributed by atoms with E-state index in [0.29, 0.717) is 30.3 Å². The van der Waals surface area contributed by atoms with Gasteiger partial charge in [-0.3, -0.25) is 9.48 Å². The van der Waals surface area contributed by atoms with Crippen molar-refractivity contribution in [2.24, 2.45) is 0 Å². The van der Waals surface area contributed by atoms with E-state index in [2.05, 4.69) is 10.4 Å². The van der Waals surface area contributed by atoms with Gasteiger partial charge in [0, 0.05) is 0 Å². The maximum Gasteiger partial charge on any atom is 0.276 e. The summed E-state index contributed by atoms with van der Waals surface area (Å²) >= 11 is 5.97. The van der Waals surface area contributed by atoms with Crippen molar-refractivity contribution < 1.29 is 23.4 Å². The van der Waals surface area contributed by atoms with Gasteiger partial charge in [-0.25, -0.2) is 4.39 Å². The number of amides is 1. The Labute approximate surface area is 169 Å². The highest BCUT2D eigenvalue weighted by atomic mass is 35.5. The van der Waals surface area contributed by atoms with Crippen molar-refractivity contribution in [1.82, 2.24) is 9.78 Å². The van der Waals surface area contributed by atoms with Crippen LogP contribution in [0.4, 0.5) is 10.1 Å². The molecular formula is C20H15ClFN3O4. The first-order valence-electron chi connectivity index (χ1n) is 8.91. The third kappa shape index (κ3) is 3.41. The van der Waals surface area contributed by atoms with Gasteiger partial charge < -0.3 is 19.5 Å². The summed E-state index contributed by atoms with van der Waals surface area (Å²) in [5.41, 5.74) is 2.28. The summed E-state index contributed by atoms with van der Waals surface area (Å²) in [5, 5.41) is 7.16. The number of fused-ring (bicyclic) bond motifs is 2. The number of hydrogen-bond acceptors (Lipinski definition) is 5. The first-order valence-corrected chi connectivity index (χ1v) is 9.29. The van der Waals surface area contributed by atoms with Gasteiger partial charge in [0.05, 0.1) is 29.6 Å². The van der Waals surface area contributed by atoms with Crippen LogP contribution in [0, 0.1) is 5.82 Å². The second-order valence-electron chi connectivity index (χ2n) is 6.69. The maximum atomic E-state index is 13.2. The Hall–Kier alpha value is -3.10. The fourth-order valence-electron chi connectivity index (χ4n) is 3.33. The van der Waals surface area contributed by atoms with Gasteiger partial charge in [-0.2, -0.15) is 5.10 Å². The SMILES string of the molecule is O=C(Nc1ccc(F)cc1Cl)c1cc2n(n1)CC(c1ccc3c(c1)OCO3)OC2. The average Bonchev–Trinajstić information content (AvgIpc) is 3.35. The molecule has 1 aromatic heterocycles. The van der Waals surface area contributed by atoms with Gasteiger partial charge in [-0.05, 0) is 42.0 Å². The number of aromatic nitrogens is 2. The van der Waals surface area contributed by atoms with Crippen LogP contribution in [0.25, 0.3) is 0 Å². The number of nitrogens with one attached hydrogen (secondary N) is 1. The first kappa shape index (κ1) is 18.0. The van der Waals surface area contributed by atoms with E-state index in [-0.39, 0.29) is 23.6 Å². The quantitative estimate of drug-likeness (QED) is 0.701. The van der Waals surface area contributed by atoms with Crippen LogP contribution in [-0.4, -0.2) is 22.5 Å². The van der Waals surface area contributed by atoms with Crippen molar-refractivity contribution in [2.45, 2.75) is 19.3 Å². The van der Waals surface area contributed by atoms with Crippen LogP contribution in [0.3, 0.4) is 0 Å². The van der Waals surface area contributed by atoms with Crippen LogP contribution in [0.1, 0.15) is 27.8 Å². The maximum absolute atomic E-state index is 13.2. The summed E-state index contributed by atoms with van der Waals surface area (Å²) in [6, 6.07) is 11.1. The molecule has 1 atom stereocenters. The molecule has 0 spiro atoms. The van der Waals surface area contributed by atoms with E-state index >= 15 is 0 Å². The van der Waals surface area contributed by atoms with Crippen LogP contribution >= 0.6 is 11.6 Å². The molecule has 7 nitrogen and oxygen atoms in total. The molecular weight excluding hydrogens is 401 g/mol. The number of carbonyl (C=O) groups excluding carboxylic acids is 1. The van der Waals surface area contributed by atoms with Crippen LogP contribution in [-0.2, 0) is 17.9 Å². The molecule has 5 rings (SSSR count). The molecule has 148 valence electrons. The molecule has 0 saturated carbocycles. The molecule has 9 heteroatoms. The van der Waals surface area contributed by atoms with E-state index in [1.807, 2.05) is 18.2 Å². The lowest BCUT2D eigenvalue weighted by molar-refractivity contribution is -0.00127. The molecule has 29 heavy (non-hydrogen) atoms. The summed E-state index contributed by atoms with van der Waals surface area (Å²) in [4.78, 5) is 12.5. The van der Waals surface area contributed by atoms with E-state index in [9.17, 15) is 9.18 Å². The molecule has 3 aromatic rings. The number of ether oxygens (including phenoxy) is 3.